The van der Waals surface area contributed by atoms with E-state index in [1.807, 2.05) is 6.07 Å². The Morgan fingerprint density at radius 2 is 2.05 bits per heavy atom. The number of benzene rings is 1. The maximum absolute atomic E-state index is 11.9. The molecule has 0 saturated heterocycles. The fourth-order valence-corrected chi connectivity index (χ4v) is 2.15. The van der Waals surface area contributed by atoms with Gasteiger partial charge in [-0.25, -0.2) is 0 Å². The summed E-state index contributed by atoms with van der Waals surface area (Å²) < 4.78 is 0. The number of nitrogens with zero attached hydrogens (tertiary/aromatic N) is 1. The van der Waals surface area contributed by atoms with Crippen molar-refractivity contribution >= 4 is 17.5 Å². The van der Waals surface area contributed by atoms with Crippen molar-refractivity contribution in [3.8, 4) is 0 Å². The van der Waals surface area contributed by atoms with Crippen LogP contribution in [0.1, 0.15) is 24.2 Å². The Balaban J connectivity index is 1.92. The van der Waals surface area contributed by atoms with Crippen molar-refractivity contribution in [2.45, 2.75) is 25.5 Å². The van der Waals surface area contributed by atoms with Gasteiger partial charge in [-0.3, -0.25) is 9.78 Å². The normalized spacial score (nSPS) is 13.5. The van der Waals surface area contributed by atoms with Gasteiger partial charge >= 0.3 is 0 Å². The van der Waals surface area contributed by atoms with Crippen LogP contribution in [0, 0.1) is 0 Å². The first-order valence-electron chi connectivity index (χ1n) is 6.68. The van der Waals surface area contributed by atoms with Crippen molar-refractivity contribution in [2.75, 3.05) is 0 Å². The van der Waals surface area contributed by atoms with Gasteiger partial charge in [0.15, 0.2) is 0 Å². The Morgan fingerprint density at radius 3 is 2.67 bits per heavy atom. The van der Waals surface area contributed by atoms with E-state index in [9.17, 15) is 9.90 Å². The van der Waals surface area contributed by atoms with Crippen molar-refractivity contribution in [2.24, 2.45) is 0 Å². The molecule has 1 amide bonds. The average Bonchev–Trinajstić information content (AvgIpc) is 2.48. The summed E-state index contributed by atoms with van der Waals surface area (Å²) in [4.78, 5) is 15.9. The Labute approximate surface area is 128 Å². The third-order valence-corrected chi connectivity index (χ3v) is 3.41. The van der Waals surface area contributed by atoms with Crippen molar-refractivity contribution in [3.63, 3.8) is 0 Å². The topological polar surface area (TPSA) is 62.2 Å². The molecule has 1 heterocycles. The van der Waals surface area contributed by atoms with Crippen LogP contribution >= 0.6 is 11.6 Å². The second kappa shape index (κ2) is 7.20. The average molecular weight is 305 g/mol. The quantitative estimate of drug-likeness (QED) is 0.892. The number of nitrogens with one attached hydrogen (secondary N) is 1. The van der Waals surface area contributed by atoms with Crippen LogP contribution in [0.25, 0.3) is 0 Å². The molecule has 110 valence electrons. The summed E-state index contributed by atoms with van der Waals surface area (Å²) in [5.74, 6) is -0.150. The molecule has 1 aromatic carbocycles. The molecule has 2 rings (SSSR count). The Kier molecular flexibility index (Phi) is 5.31. The molecule has 0 radical (unpaired) electrons. The molecule has 2 unspecified atom stereocenters. The highest BCUT2D eigenvalue weighted by Gasteiger charge is 2.18. The first-order chi connectivity index (χ1) is 10.1. The van der Waals surface area contributed by atoms with E-state index in [1.54, 1.807) is 49.6 Å². The van der Waals surface area contributed by atoms with E-state index in [0.717, 1.165) is 5.56 Å². The molecular weight excluding hydrogens is 288 g/mol. The molecule has 5 heteroatoms. The predicted molar refractivity (Wildman–Crippen MR) is 82.0 cm³/mol. The number of aliphatic hydroxyl groups is 1. The first-order valence-corrected chi connectivity index (χ1v) is 7.06. The number of halogens is 1. The molecule has 0 bridgehead atoms. The summed E-state index contributed by atoms with van der Waals surface area (Å²) in [5, 5.41) is 13.6. The summed E-state index contributed by atoms with van der Waals surface area (Å²) in [7, 11) is 0. The molecule has 0 aliphatic rings. The van der Waals surface area contributed by atoms with E-state index in [0.29, 0.717) is 10.6 Å². The van der Waals surface area contributed by atoms with Crippen molar-refractivity contribution < 1.29 is 9.90 Å². The van der Waals surface area contributed by atoms with Gasteiger partial charge in [-0.15, -0.1) is 0 Å². The molecule has 0 aliphatic heterocycles. The molecule has 21 heavy (non-hydrogen) atoms. The number of amides is 1. The number of hydrogen-bond donors (Lipinski definition) is 2. The summed E-state index contributed by atoms with van der Waals surface area (Å²) in [6, 6.07) is 10.2. The van der Waals surface area contributed by atoms with E-state index >= 15 is 0 Å². The van der Waals surface area contributed by atoms with Crippen LogP contribution in [0.4, 0.5) is 0 Å². The van der Waals surface area contributed by atoms with Gasteiger partial charge in [0.2, 0.25) is 5.91 Å². The lowest BCUT2D eigenvalue weighted by molar-refractivity contribution is -0.121. The molecule has 1 aromatic heterocycles. The second-order valence-electron chi connectivity index (χ2n) is 4.89. The lowest BCUT2D eigenvalue weighted by Gasteiger charge is -2.20. The van der Waals surface area contributed by atoms with Gasteiger partial charge in [-0.05, 0) is 36.2 Å². The minimum absolute atomic E-state index is 0.150. The van der Waals surface area contributed by atoms with Crippen LogP contribution in [-0.4, -0.2) is 22.0 Å². The highest BCUT2D eigenvalue weighted by molar-refractivity contribution is 6.30. The zero-order valence-corrected chi connectivity index (χ0v) is 12.4. The Morgan fingerprint density at radius 1 is 1.33 bits per heavy atom. The zero-order chi connectivity index (χ0) is 15.2. The molecule has 0 aliphatic carbocycles. The third kappa shape index (κ3) is 4.55. The van der Waals surface area contributed by atoms with E-state index < -0.39 is 12.1 Å². The Hall–Kier alpha value is -1.91. The van der Waals surface area contributed by atoms with E-state index in [1.165, 1.54) is 0 Å². The predicted octanol–water partition coefficient (Wildman–Crippen LogP) is 2.52. The van der Waals surface area contributed by atoms with Crippen LogP contribution in [0.15, 0.2) is 48.8 Å². The van der Waals surface area contributed by atoms with Gasteiger partial charge in [0, 0.05) is 17.4 Å². The number of pyridine rings is 1. The smallest absolute Gasteiger partial charge is 0.224 e. The van der Waals surface area contributed by atoms with Crippen molar-refractivity contribution in [1.82, 2.24) is 10.3 Å². The molecule has 0 spiro atoms. The molecule has 4 nitrogen and oxygen atoms in total. The van der Waals surface area contributed by atoms with E-state index in [-0.39, 0.29) is 12.3 Å². The summed E-state index contributed by atoms with van der Waals surface area (Å²) in [6.45, 7) is 1.76. The maximum atomic E-state index is 11.9. The van der Waals surface area contributed by atoms with Gasteiger partial charge in [0.05, 0.1) is 18.6 Å². The lowest BCUT2D eigenvalue weighted by atomic mass is 10.0. The van der Waals surface area contributed by atoms with Gasteiger partial charge in [-0.2, -0.15) is 0 Å². The zero-order valence-electron chi connectivity index (χ0n) is 11.7. The fraction of sp³-hybridized carbons (Fsp3) is 0.250. The number of carbonyl (C=O) groups excluding carboxylic acids is 1. The minimum atomic E-state index is -0.778. The second-order valence-corrected chi connectivity index (χ2v) is 5.33. The fourth-order valence-electron chi connectivity index (χ4n) is 2.02. The van der Waals surface area contributed by atoms with E-state index in [4.69, 9.17) is 11.6 Å². The van der Waals surface area contributed by atoms with Gasteiger partial charge < -0.3 is 10.4 Å². The first kappa shape index (κ1) is 15.5. The third-order valence-electron chi connectivity index (χ3n) is 3.16. The number of carbonyl (C=O) groups is 1. The number of hydrogen-bond acceptors (Lipinski definition) is 3. The molecular formula is C16H17ClN2O2. The number of rotatable bonds is 5. The van der Waals surface area contributed by atoms with E-state index in [2.05, 4.69) is 10.3 Å². The Bertz CT molecular complexity index is 587. The van der Waals surface area contributed by atoms with Gasteiger partial charge in [0.1, 0.15) is 0 Å². The molecule has 0 saturated carbocycles. The summed E-state index contributed by atoms with van der Waals surface area (Å²) in [5.41, 5.74) is 1.55. The van der Waals surface area contributed by atoms with Crippen LogP contribution in [0.2, 0.25) is 5.02 Å². The molecule has 2 N–H and O–H groups in total. The largest absolute Gasteiger partial charge is 0.386 e. The van der Waals surface area contributed by atoms with Crippen LogP contribution in [0.5, 0.6) is 0 Å². The lowest BCUT2D eigenvalue weighted by Crippen LogP contribution is -2.37. The van der Waals surface area contributed by atoms with Gasteiger partial charge in [-0.1, -0.05) is 29.8 Å². The summed E-state index contributed by atoms with van der Waals surface area (Å²) in [6.07, 6.45) is 2.78. The maximum Gasteiger partial charge on any atom is 0.224 e. The highest BCUT2D eigenvalue weighted by atomic mass is 35.5. The number of aromatic nitrogens is 1. The molecule has 2 atom stereocenters. The van der Waals surface area contributed by atoms with Crippen LogP contribution in [0.3, 0.4) is 0 Å². The standard InChI is InChI=1S/C16H17ClN2O2/c1-11(16(21)13-4-6-14(17)7-5-13)19-15(20)9-12-3-2-8-18-10-12/h2-8,10-11,16,21H,9H2,1H3,(H,19,20). The van der Waals surface area contributed by atoms with Gasteiger partial charge in [0.25, 0.3) is 0 Å². The van der Waals surface area contributed by atoms with Crippen LogP contribution in [-0.2, 0) is 11.2 Å². The minimum Gasteiger partial charge on any atom is -0.386 e. The monoisotopic (exact) mass is 304 g/mol. The van der Waals surface area contributed by atoms with Crippen molar-refractivity contribution in [1.29, 1.82) is 0 Å². The van der Waals surface area contributed by atoms with Crippen LogP contribution < -0.4 is 5.32 Å². The molecule has 0 fully saturated rings. The highest BCUT2D eigenvalue weighted by Crippen LogP contribution is 2.19. The SMILES string of the molecule is CC(NC(=O)Cc1cccnc1)C(O)c1ccc(Cl)cc1. The van der Waals surface area contributed by atoms with Crippen molar-refractivity contribution in [3.05, 3.63) is 64.9 Å². The molecule has 2 aromatic rings. The number of aliphatic hydroxyl groups excluding tert-OH is 1. The summed E-state index contributed by atoms with van der Waals surface area (Å²) >= 11 is 5.81.